The minimum atomic E-state index is -4.39. The molecule has 3 nitrogen and oxygen atoms in total. The molecule has 0 aliphatic rings. The summed E-state index contributed by atoms with van der Waals surface area (Å²) in [5.74, 6) is -1.06. The third-order valence-electron chi connectivity index (χ3n) is 3.39. The fraction of sp³-hybridized carbons (Fsp3) is 0.0625. The highest BCUT2D eigenvalue weighted by molar-refractivity contribution is 5.89. The third kappa shape index (κ3) is 2.43. The van der Waals surface area contributed by atoms with Gasteiger partial charge in [-0.05, 0) is 42.5 Å². The van der Waals surface area contributed by atoms with Crippen molar-refractivity contribution in [2.24, 2.45) is 0 Å². The summed E-state index contributed by atoms with van der Waals surface area (Å²) in [6, 6.07) is 11.3. The lowest BCUT2D eigenvalue weighted by molar-refractivity contribution is -0.137. The second-order valence-electron chi connectivity index (χ2n) is 4.81. The van der Waals surface area contributed by atoms with E-state index in [0.29, 0.717) is 16.6 Å². The molecule has 0 aliphatic heterocycles. The number of aromatic carboxylic acids is 1. The number of benzene rings is 2. The minimum Gasteiger partial charge on any atom is -0.478 e. The summed E-state index contributed by atoms with van der Waals surface area (Å²) in [7, 11) is 0. The number of rotatable bonds is 2. The number of alkyl halides is 3. The number of carboxylic acids is 1. The van der Waals surface area contributed by atoms with Gasteiger partial charge in [0.05, 0.1) is 16.6 Å². The van der Waals surface area contributed by atoms with Crippen molar-refractivity contribution in [2.45, 2.75) is 6.18 Å². The van der Waals surface area contributed by atoms with Crippen LogP contribution in [-0.4, -0.2) is 15.6 Å². The number of hydrogen-bond donors (Lipinski definition) is 1. The molecule has 2 aromatic carbocycles. The van der Waals surface area contributed by atoms with Crippen molar-refractivity contribution >= 4 is 16.9 Å². The molecule has 1 aromatic heterocycles. The largest absolute Gasteiger partial charge is 0.478 e. The van der Waals surface area contributed by atoms with Crippen molar-refractivity contribution < 1.29 is 23.1 Å². The average Bonchev–Trinajstić information content (AvgIpc) is 2.89. The second kappa shape index (κ2) is 4.91. The fourth-order valence-corrected chi connectivity index (χ4v) is 2.33. The first kappa shape index (κ1) is 14.2. The van der Waals surface area contributed by atoms with Crippen molar-refractivity contribution in [1.29, 1.82) is 0 Å². The van der Waals surface area contributed by atoms with Crippen LogP contribution in [-0.2, 0) is 6.18 Å². The van der Waals surface area contributed by atoms with Gasteiger partial charge in [0.2, 0.25) is 0 Å². The van der Waals surface area contributed by atoms with Crippen molar-refractivity contribution in [2.75, 3.05) is 0 Å². The maximum Gasteiger partial charge on any atom is 0.416 e. The van der Waals surface area contributed by atoms with Crippen molar-refractivity contribution in [3.63, 3.8) is 0 Å². The fourth-order valence-electron chi connectivity index (χ4n) is 2.33. The van der Waals surface area contributed by atoms with E-state index in [9.17, 15) is 18.0 Å². The van der Waals surface area contributed by atoms with Gasteiger partial charge >= 0.3 is 12.1 Å². The number of nitrogens with zero attached hydrogens (tertiary/aromatic N) is 1. The van der Waals surface area contributed by atoms with Crippen molar-refractivity contribution in [1.82, 2.24) is 4.57 Å². The van der Waals surface area contributed by atoms with Crippen LogP contribution in [0.4, 0.5) is 13.2 Å². The van der Waals surface area contributed by atoms with E-state index in [1.807, 2.05) is 0 Å². The third-order valence-corrected chi connectivity index (χ3v) is 3.39. The van der Waals surface area contributed by atoms with E-state index in [4.69, 9.17) is 5.11 Å². The molecular formula is C16H10F3NO2. The number of halogens is 3. The van der Waals surface area contributed by atoms with Gasteiger partial charge in [0.15, 0.2) is 0 Å². The average molecular weight is 305 g/mol. The Kier molecular flexibility index (Phi) is 3.16. The first-order valence-electron chi connectivity index (χ1n) is 6.38. The number of hydrogen-bond acceptors (Lipinski definition) is 1. The molecule has 0 saturated carbocycles. The Hall–Kier alpha value is -2.76. The molecule has 112 valence electrons. The van der Waals surface area contributed by atoms with Crippen LogP contribution in [0, 0.1) is 0 Å². The molecule has 0 amide bonds. The highest BCUT2D eigenvalue weighted by Crippen LogP contribution is 2.32. The number of carboxylic acid groups (broad SMARTS) is 1. The second-order valence-corrected chi connectivity index (χ2v) is 4.81. The molecule has 0 fully saturated rings. The first-order chi connectivity index (χ1) is 10.4. The van der Waals surface area contributed by atoms with Crippen LogP contribution in [0.25, 0.3) is 16.6 Å². The topological polar surface area (TPSA) is 42.2 Å². The zero-order valence-corrected chi connectivity index (χ0v) is 11.1. The zero-order chi connectivity index (χ0) is 15.9. The maximum atomic E-state index is 12.7. The number of fused-ring (bicyclic) bond motifs is 1. The van der Waals surface area contributed by atoms with E-state index in [2.05, 4.69) is 0 Å². The first-order valence-corrected chi connectivity index (χ1v) is 6.38. The van der Waals surface area contributed by atoms with Crippen LogP contribution in [0.5, 0.6) is 0 Å². The Labute approximate surface area is 123 Å². The van der Waals surface area contributed by atoms with E-state index < -0.39 is 17.7 Å². The van der Waals surface area contributed by atoms with Gasteiger partial charge in [-0.2, -0.15) is 13.2 Å². The minimum absolute atomic E-state index is 0.117. The molecule has 0 unspecified atom stereocenters. The normalized spacial score (nSPS) is 11.8. The SMILES string of the molecule is O=C(O)c1cccc(-n2ccc3cc(C(F)(F)F)ccc32)c1. The molecule has 22 heavy (non-hydrogen) atoms. The van der Waals surface area contributed by atoms with Gasteiger partial charge in [-0.3, -0.25) is 0 Å². The van der Waals surface area contributed by atoms with Gasteiger partial charge in [0.1, 0.15) is 0 Å². The van der Waals surface area contributed by atoms with Crippen LogP contribution >= 0.6 is 0 Å². The van der Waals surface area contributed by atoms with E-state index in [-0.39, 0.29) is 5.56 Å². The van der Waals surface area contributed by atoms with Gasteiger partial charge in [-0.1, -0.05) is 6.07 Å². The Morgan fingerprint density at radius 2 is 1.82 bits per heavy atom. The van der Waals surface area contributed by atoms with Crippen LogP contribution in [0.2, 0.25) is 0 Å². The predicted octanol–water partition coefficient (Wildman–Crippen LogP) is 4.35. The van der Waals surface area contributed by atoms with Gasteiger partial charge in [0.25, 0.3) is 0 Å². The highest BCUT2D eigenvalue weighted by Gasteiger charge is 2.30. The molecule has 0 atom stereocenters. The van der Waals surface area contributed by atoms with Crippen LogP contribution in [0.15, 0.2) is 54.7 Å². The van der Waals surface area contributed by atoms with Gasteiger partial charge in [-0.25, -0.2) is 4.79 Å². The molecule has 1 heterocycles. The van der Waals surface area contributed by atoms with Crippen LogP contribution in [0.1, 0.15) is 15.9 Å². The Bertz CT molecular complexity index is 865. The summed E-state index contributed by atoms with van der Waals surface area (Å²) in [5, 5.41) is 9.45. The van der Waals surface area contributed by atoms with E-state index >= 15 is 0 Å². The number of carbonyl (C=O) groups is 1. The summed E-state index contributed by atoms with van der Waals surface area (Å²) in [5.41, 5.74) is 0.563. The maximum absolute atomic E-state index is 12.7. The van der Waals surface area contributed by atoms with Crippen molar-refractivity contribution in [3.05, 3.63) is 65.9 Å². The molecule has 1 N–H and O–H groups in total. The summed E-state index contributed by atoms with van der Waals surface area (Å²) in [6.45, 7) is 0. The summed E-state index contributed by atoms with van der Waals surface area (Å²) < 4.78 is 39.8. The molecule has 0 radical (unpaired) electrons. The Morgan fingerprint density at radius 3 is 2.50 bits per heavy atom. The molecule has 0 spiro atoms. The van der Waals surface area contributed by atoms with Gasteiger partial charge < -0.3 is 9.67 Å². The Morgan fingerprint density at radius 1 is 1.05 bits per heavy atom. The smallest absolute Gasteiger partial charge is 0.416 e. The van der Waals surface area contributed by atoms with Crippen molar-refractivity contribution in [3.8, 4) is 5.69 Å². The summed E-state index contributed by atoms with van der Waals surface area (Å²) in [4.78, 5) is 11.0. The monoisotopic (exact) mass is 305 g/mol. The standard InChI is InChI=1S/C16H10F3NO2/c17-16(18,19)12-4-5-14-10(8-12)6-7-20(14)13-3-1-2-11(9-13)15(21)22/h1-9H,(H,21,22). The lowest BCUT2D eigenvalue weighted by Crippen LogP contribution is -2.04. The highest BCUT2D eigenvalue weighted by atomic mass is 19.4. The van der Waals surface area contributed by atoms with Crippen LogP contribution < -0.4 is 0 Å². The quantitative estimate of drug-likeness (QED) is 0.765. The molecule has 3 aromatic rings. The van der Waals surface area contributed by atoms with E-state index in [1.54, 1.807) is 29.0 Å². The van der Waals surface area contributed by atoms with Gasteiger partial charge in [0, 0.05) is 17.3 Å². The van der Waals surface area contributed by atoms with E-state index in [0.717, 1.165) is 12.1 Å². The number of aromatic nitrogens is 1. The van der Waals surface area contributed by atoms with Gasteiger partial charge in [-0.15, -0.1) is 0 Å². The predicted molar refractivity (Wildman–Crippen MR) is 75.2 cm³/mol. The summed E-state index contributed by atoms with van der Waals surface area (Å²) in [6.07, 6.45) is -2.77. The molecule has 3 rings (SSSR count). The Balaban J connectivity index is 2.13. The molecular weight excluding hydrogens is 295 g/mol. The zero-order valence-electron chi connectivity index (χ0n) is 11.1. The lowest BCUT2D eigenvalue weighted by atomic mass is 10.1. The molecule has 0 bridgehead atoms. The molecule has 6 heteroatoms. The summed E-state index contributed by atoms with van der Waals surface area (Å²) >= 11 is 0. The lowest BCUT2D eigenvalue weighted by Gasteiger charge is -2.09. The molecule has 0 aliphatic carbocycles. The van der Waals surface area contributed by atoms with E-state index in [1.165, 1.54) is 18.2 Å². The van der Waals surface area contributed by atoms with Crippen LogP contribution in [0.3, 0.4) is 0 Å². The molecule has 0 saturated heterocycles.